The Kier molecular flexibility index (Phi) is 3.33. The molecule has 0 bridgehead atoms. The van der Waals surface area contributed by atoms with Gasteiger partial charge in [-0.15, -0.1) is 6.58 Å². The van der Waals surface area contributed by atoms with Crippen LogP contribution in [0, 0.1) is 0 Å². The lowest BCUT2D eigenvalue weighted by Gasteiger charge is -2.37. The van der Waals surface area contributed by atoms with Crippen molar-refractivity contribution in [3.63, 3.8) is 0 Å². The van der Waals surface area contributed by atoms with Crippen LogP contribution in [0.1, 0.15) is 27.7 Å². The van der Waals surface area contributed by atoms with E-state index >= 15 is 0 Å². The maximum Gasteiger partial charge on any atom is 0.301 e. The van der Waals surface area contributed by atoms with E-state index in [1.165, 1.54) is 0 Å². The zero-order valence-corrected chi connectivity index (χ0v) is 7.85. The Labute approximate surface area is 69.5 Å². The topological polar surface area (TPSA) is 29.5 Å². The quantitative estimate of drug-likeness (QED) is 0.616. The molecule has 0 atom stereocenters. The first-order valence-corrected chi connectivity index (χ1v) is 3.78. The van der Waals surface area contributed by atoms with Crippen LogP contribution in [-0.2, 0) is 4.65 Å². The van der Waals surface area contributed by atoms with Crippen LogP contribution in [0.15, 0.2) is 12.6 Å². The van der Waals surface area contributed by atoms with Gasteiger partial charge in [0.1, 0.15) is 0 Å². The van der Waals surface area contributed by atoms with Gasteiger partial charge in [-0.05, 0) is 27.7 Å². The largest absolute Gasteiger partial charge is 0.427 e. The van der Waals surface area contributed by atoms with Crippen molar-refractivity contribution in [1.82, 2.24) is 0 Å². The average Bonchev–Trinajstić information content (AvgIpc) is 1.81. The van der Waals surface area contributed by atoms with Crippen LogP contribution in [0.2, 0.25) is 0 Å². The number of rotatable bonds is 4. The van der Waals surface area contributed by atoms with Crippen LogP contribution in [-0.4, -0.2) is 23.8 Å². The van der Waals surface area contributed by atoms with Gasteiger partial charge < -0.3 is 9.76 Å². The second-order valence-corrected chi connectivity index (χ2v) is 3.67. The van der Waals surface area contributed by atoms with E-state index in [0.717, 1.165) is 0 Å². The fourth-order valence-corrected chi connectivity index (χ4v) is 0.444. The first-order chi connectivity index (χ1) is 4.81. The first-order valence-electron chi connectivity index (χ1n) is 3.78. The zero-order valence-electron chi connectivity index (χ0n) is 7.85. The average molecular weight is 156 g/mol. The third kappa shape index (κ3) is 3.08. The zero-order chi connectivity index (χ0) is 9.12. The molecule has 1 N–H and O–H groups in total. The molecule has 0 aromatic heterocycles. The lowest BCUT2D eigenvalue weighted by atomic mass is 9.87. The van der Waals surface area contributed by atoms with Crippen LogP contribution in [0.25, 0.3) is 0 Å². The van der Waals surface area contributed by atoms with E-state index < -0.39 is 11.2 Å². The molecule has 0 fully saturated rings. The molecule has 0 rings (SSSR count). The Morgan fingerprint density at radius 3 is 2.09 bits per heavy atom. The standard InChI is InChI=1S/C8H17BO2/c1-6-9-11-8(4,5)7(2,3)10/h6,9-10H,1H2,2-5H3. The van der Waals surface area contributed by atoms with Gasteiger partial charge in [-0.2, -0.15) is 0 Å². The molecule has 0 saturated heterocycles. The molecule has 0 aliphatic carbocycles. The highest BCUT2D eigenvalue weighted by Crippen LogP contribution is 2.24. The Morgan fingerprint density at radius 2 is 1.82 bits per heavy atom. The monoisotopic (exact) mass is 156 g/mol. The normalized spacial score (nSPS) is 12.8. The highest BCUT2D eigenvalue weighted by molar-refractivity contribution is 6.34. The van der Waals surface area contributed by atoms with Gasteiger partial charge >= 0.3 is 7.48 Å². The molecule has 64 valence electrons. The van der Waals surface area contributed by atoms with Crippen molar-refractivity contribution in [1.29, 1.82) is 0 Å². The minimum atomic E-state index is -0.823. The predicted octanol–water partition coefficient (Wildman–Crippen LogP) is 1.05. The van der Waals surface area contributed by atoms with Crippen LogP contribution in [0.3, 0.4) is 0 Å². The maximum absolute atomic E-state index is 9.61. The highest BCUT2D eigenvalue weighted by atomic mass is 16.5. The van der Waals surface area contributed by atoms with Gasteiger partial charge in [0, 0.05) is 0 Å². The van der Waals surface area contributed by atoms with Crippen molar-refractivity contribution in [3.8, 4) is 0 Å². The fraction of sp³-hybridized carbons (Fsp3) is 0.750. The van der Waals surface area contributed by atoms with Crippen molar-refractivity contribution in [2.24, 2.45) is 0 Å². The summed E-state index contributed by atoms with van der Waals surface area (Å²) in [7, 11) is 0.469. The van der Waals surface area contributed by atoms with Crippen LogP contribution in [0.4, 0.5) is 0 Å². The summed E-state index contributed by atoms with van der Waals surface area (Å²) in [6, 6.07) is 0. The maximum atomic E-state index is 9.61. The molecule has 11 heavy (non-hydrogen) atoms. The van der Waals surface area contributed by atoms with Crippen molar-refractivity contribution in [2.45, 2.75) is 38.9 Å². The van der Waals surface area contributed by atoms with Crippen LogP contribution < -0.4 is 0 Å². The Balaban J connectivity index is 4.10. The molecule has 0 radical (unpaired) electrons. The van der Waals surface area contributed by atoms with Gasteiger partial charge in [0.2, 0.25) is 0 Å². The summed E-state index contributed by atoms with van der Waals surface area (Å²) in [6.07, 6.45) is 0. The fourth-order valence-electron chi connectivity index (χ4n) is 0.444. The lowest BCUT2D eigenvalue weighted by Crippen LogP contribution is -2.47. The van der Waals surface area contributed by atoms with E-state index in [1.807, 2.05) is 13.8 Å². The Bertz CT molecular complexity index is 136. The van der Waals surface area contributed by atoms with Crippen LogP contribution in [0.5, 0.6) is 0 Å². The summed E-state index contributed by atoms with van der Waals surface area (Å²) in [6.45, 7) is 10.7. The second-order valence-electron chi connectivity index (χ2n) is 3.67. The van der Waals surface area contributed by atoms with Crippen LogP contribution >= 0.6 is 0 Å². The van der Waals surface area contributed by atoms with Gasteiger partial charge in [0.25, 0.3) is 0 Å². The third-order valence-electron chi connectivity index (χ3n) is 2.04. The molecule has 0 amide bonds. The van der Waals surface area contributed by atoms with Gasteiger partial charge in [-0.3, -0.25) is 0 Å². The summed E-state index contributed by atoms with van der Waals surface area (Å²) in [5.41, 5.74) is -1.35. The molecule has 0 aliphatic heterocycles. The van der Waals surface area contributed by atoms with Crippen molar-refractivity contribution in [2.75, 3.05) is 0 Å². The number of hydrogen-bond donors (Lipinski definition) is 1. The van der Waals surface area contributed by atoms with E-state index in [-0.39, 0.29) is 0 Å². The molecular weight excluding hydrogens is 139 g/mol. The first kappa shape index (κ1) is 10.7. The molecule has 0 saturated carbocycles. The van der Waals surface area contributed by atoms with E-state index in [4.69, 9.17) is 4.65 Å². The summed E-state index contributed by atoms with van der Waals surface area (Å²) in [5.74, 6) is 1.67. The highest BCUT2D eigenvalue weighted by Gasteiger charge is 2.34. The van der Waals surface area contributed by atoms with E-state index in [1.54, 1.807) is 19.8 Å². The Hall–Kier alpha value is -0.275. The summed E-state index contributed by atoms with van der Waals surface area (Å²) in [4.78, 5) is 0. The molecule has 0 aromatic carbocycles. The van der Waals surface area contributed by atoms with E-state index in [9.17, 15) is 5.11 Å². The minimum absolute atomic E-state index is 0.469. The lowest BCUT2D eigenvalue weighted by molar-refractivity contribution is -0.0894. The molecular formula is C8H17BO2. The molecule has 0 spiro atoms. The third-order valence-corrected chi connectivity index (χ3v) is 2.04. The van der Waals surface area contributed by atoms with Gasteiger partial charge in [-0.25, -0.2) is 0 Å². The van der Waals surface area contributed by atoms with Crippen molar-refractivity contribution in [3.05, 3.63) is 12.6 Å². The smallest absolute Gasteiger partial charge is 0.301 e. The summed E-state index contributed by atoms with van der Waals surface area (Å²) < 4.78 is 5.38. The summed E-state index contributed by atoms with van der Waals surface area (Å²) >= 11 is 0. The van der Waals surface area contributed by atoms with Crippen molar-refractivity contribution < 1.29 is 9.76 Å². The molecule has 0 aromatic rings. The molecule has 3 heteroatoms. The predicted molar refractivity (Wildman–Crippen MR) is 48.8 cm³/mol. The summed E-state index contributed by atoms with van der Waals surface area (Å²) in [5, 5.41) is 9.61. The van der Waals surface area contributed by atoms with Gasteiger partial charge in [0.05, 0.1) is 11.2 Å². The Morgan fingerprint density at radius 1 is 1.36 bits per heavy atom. The van der Waals surface area contributed by atoms with E-state index in [2.05, 4.69) is 6.58 Å². The molecule has 2 nitrogen and oxygen atoms in total. The van der Waals surface area contributed by atoms with Gasteiger partial charge in [0.15, 0.2) is 0 Å². The molecule has 0 aliphatic rings. The number of aliphatic hydroxyl groups is 1. The molecule has 0 unspecified atom stereocenters. The minimum Gasteiger partial charge on any atom is -0.427 e. The number of hydrogen-bond acceptors (Lipinski definition) is 2. The van der Waals surface area contributed by atoms with E-state index in [0.29, 0.717) is 7.48 Å². The second kappa shape index (κ2) is 3.41. The van der Waals surface area contributed by atoms with Gasteiger partial charge in [-0.1, -0.05) is 5.98 Å². The SMILES string of the molecule is C=CBOC(C)(C)C(C)(C)O. The van der Waals surface area contributed by atoms with Crippen molar-refractivity contribution >= 4 is 7.48 Å². The molecule has 0 heterocycles.